The lowest BCUT2D eigenvalue weighted by atomic mass is 9.99. The Labute approximate surface area is 169 Å². The van der Waals surface area contributed by atoms with Gasteiger partial charge in [0, 0.05) is 18.8 Å². The molecule has 3 N–H and O–H groups in total. The van der Waals surface area contributed by atoms with Crippen molar-refractivity contribution < 1.29 is 8.42 Å². The van der Waals surface area contributed by atoms with Crippen LogP contribution in [0.5, 0.6) is 0 Å². The quantitative estimate of drug-likeness (QED) is 0.322. The van der Waals surface area contributed by atoms with Gasteiger partial charge in [-0.15, -0.1) is 24.0 Å². The zero-order chi connectivity index (χ0) is 18.2. The van der Waals surface area contributed by atoms with E-state index in [2.05, 4.69) is 36.3 Å². The van der Waals surface area contributed by atoms with Crippen LogP contribution in [0.2, 0.25) is 0 Å². The van der Waals surface area contributed by atoms with E-state index in [0.717, 1.165) is 12.1 Å². The third kappa shape index (κ3) is 7.91. The Bertz CT molecular complexity index is 629. The topological polar surface area (TPSA) is 87.8 Å². The maximum Gasteiger partial charge on any atom is 0.215 e. The molecule has 0 saturated heterocycles. The first-order chi connectivity index (χ1) is 11.3. The van der Waals surface area contributed by atoms with Crippen molar-refractivity contribution in [2.45, 2.75) is 40.0 Å². The lowest BCUT2D eigenvalue weighted by Gasteiger charge is -2.17. The standard InChI is InChI=1S/C17H30N4O2S.HI/c1-5-14(4)15-8-10-16(11-9-15)20-17(18)19-12-13-24(22,23)21(6-2)7-3;/h8-11,14H,5-7,12-13H2,1-4H3,(H3,18,19,20);1H. The predicted octanol–water partition coefficient (Wildman–Crippen LogP) is 3.22. The van der Waals surface area contributed by atoms with Crippen molar-refractivity contribution in [3.05, 3.63) is 29.8 Å². The average molecular weight is 482 g/mol. The molecule has 0 aromatic heterocycles. The normalized spacial score (nSPS) is 13.4. The van der Waals surface area contributed by atoms with E-state index in [9.17, 15) is 8.42 Å². The molecule has 1 rings (SSSR count). The molecule has 0 radical (unpaired) electrons. The van der Waals surface area contributed by atoms with Crippen molar-refractivity contribution in [1.82, 2.24) is 4.31 Å². The Morgan fingerprint density at radius 3 is 2.24 bits per heavy atom. The van der Waals surface area contributed by atoms with E-state index in [1.54, 1.807) is 0 Å². The molecule has 0 fully saturated rings. The van der Waals surface area contributed by atoms with Gasteiger partial charge in [-0.2, -0.15) is 0 Å². The first kappa shape index (κ1) is 24.1. The van der Waals surface area contributed by atoms with Gasteiger partial charge in [-0.1, -0.05) is 39.8 Å². The number of aliphatic imine (C=N–C) groups is 1. The van der Waals surface area contributed by atoms with E-state index < -0.39 is 10.0 Å². The fourth-order valence-electron chi connectivity index (χ4n) is 2.35. The molecule has 1 unspecified atom stereocenters. The van der Waals surface area contributed by atoms with Crippen LogP contribution in [0, 0.1) is 0 Å². The summed E-state index contributed by atoms with van der Waals surface area (Å²) in [5, 5.41) is 2.99. The van der Waals surface area contributed by atoms with E-state index in [0.29, 0.717) is 19.0 Å². The summed E-state index contributed by atoms with van der Waals surface area (Å²) in [6.45, 7) is 9.08. The van der Waals surface area contributed by atoms with Gasteiger partial charge in [-0.25, -0.2) is 12.7 Å². The van der Waals surface area contributed by atoms with Gasteiger partial charge in [-0.05, 0) is 30.0 Å². The minimum atomic E-state index is -3.27. The van der Waals surface area contributed by atoms with Gasteiger partial charge in [0.2, 0.25) is 10.0 Å². The number of halogens is 1. The first-order valence-electron chi connectivity index (χ1n) is 8.48. The van der Waals surface area contributed by atoms with Gasteiger partial charge < -0.3 is 11.1 Å². The van der Waals surface area contributed by atoms with Gasteiger partial charge >= 0.3 is 0 Å². The molecule has 1 aromatic rings. The average Bonchev–Trinajstić information content (AvgIpc) is 2.55. The summed E-state index contributed by atoms with van der Waals surface area (Å²) in [4.78, 5) is 4.11. The number of nitrogens with two attached hydrogens (primary N) is 1. The molecule has 0 aliphatic heterocycles. The van der Waals surface area contributed by atoms with Gasteiger partial charge in [0.05, 0.1) is 12.3 Å². The Morgan fingerprint density at radius 2 is 1.76 bits per heavy atom. The summed E-state index contributed by atoms with van der Waals surface area (Å²) >= 11 is 0. The maximum absolute atomic E-state index is 12.1. The van der Waals surface area contributed by atoms with E-state index in [4.69, 9.17) is 5.73 Å². The van der Waals surface area contributed by atoms with E-state index >= 15 is 0 Å². The largest absolute Gasteiger partial charge is 0.370 e. The Kier molecular flexibility index (Phi) is 11.3. The monoisotopic (exact) mass is 482 g/mol. The van der Waals surface area contributed by atoms with E-state index in [1.807, 2.05) is 26.0 Å². The lowest BCUT2D eigenvalue weighted by molar-refractivity contribution is 0.445. The molecule has 0 bridgehead atoms. The second-order valence-electron chi connectivity index (χ2n) is 5.72. The number of hydrogen-bond acceptors (Lipinski definition) is 3. The number of nitrogens with one attached hydrogen (secondary N) is 1. The first-order valence-corrected chi connectivity index (χ1v) is 10.1. The van der Waals surface area contributed by atoms with Crippen molar-refractivity contribution >= 4 is 45.6 Å². The molecule has 1 atom stereocenters. The molecule has 0 spiro atoms. The third-order valence-electron chi connectivity index (χ3n) is 4.09. The van der Waals surface area contributed by atoms with Crippen LogP contribution in [0.3, 0.4) is 0 Å². The second kappa shape index (κ2) is 11.7. The van der Waals surface area contributed by atoms with Gasteiger partial charge in [0.15, 0.2) is 5.96 Å². The van der Waals surface area contributed by atoms with Crippen molar-refractivity contribution in [3.63, 3.8) is 0 Å². The van der Waals surface area contributed by atoms with Crippen LogP contribution in [0.1, 0.15) is 45.6 Å². The molecule has 0 heterocycles. The van der Waals surface area contributed by atoms with Crippen molar-refractivity contribution in [1.29, 1.82) is 0 Å². The SMILES string of the molecule is CCC(C)c1ccc(NC(N)=NCCS(=O)(=O)N(CC)CC)cc1.I. The molecule has 144 valence electrons. The fourth-order valence-corrected chi connectivity index (χ4v) is 3.71. The van der Waals surface area contributed by atoms with Crippen LogP contribution in [0.25, 0.3) is 0 Å². The van der Waals surface area contributed by atoms with Crippen molar-refractivity contribution in [2.75, 3.05) is 30.7 Å². The minimum Gasteiger partial charge on any atom is -0.370 e. The molecule has 0 aliphatic carbocycles. The molecule has 1 aromatic carbocycles. The second-order valence-corrected chi connectivity index (χ2v) is 7.81. The number of hydrogen-bond donors (Lipinski definition) is 2. The highest BCUT2D eigenvalue weighted by Gasteiger charge is 2.17. The minimum absolute atomic E-state index is 0. The summed E-state index contributed by atoms with van der Waals surface area (Å²) in [6, 6.07) is 8.04. The van der Waals surface area contributed by atoms with Crippen LogP contribution in [0.15, 0.2) is 29.3 Å². The van der Waals surface area contributed by atoms with Crippen LogP contribution in [-0.2, 0) is 10.0 Å². The highest BCUT2D eigenvalue weighted by Crippen LogP contribution is 2.20. The van der Waals surface area contributed by atoms with Gasteiger partial charge in [0.25, 0.3) is 0 Å². The summed E-state index contributed by atoms with van der Waals surface area (Å²) < 4.78 is 25.5. The Balaban J connectivity index is 0.00000576. The molecular formula is C17H31IN4O2S. The highest BCUT2D eigenvalue weighted by molar-refractivity contribution is 14.0. The number of nitrogens with zero attached hydrogens (tertiary/aromatic N) is 2. The van der Waals surface area contributed by atoms with Gasteiger partial charge in [0.1, 0.15) is 0 Å². The third-order valence-corrected chi connectivity index (χ3v) is 6.10. The fraction of sp³-hybridized carbons (Fsp3) is 0.588. The summed E-state index contributed by atoms with van der Waals surface area (Å²) in [7, 11) is -3.27. The number of sulfonamides is 1. The molecule has 0 aliphatic rings. The molecular weight excluding hydrogens is 451 g/mol. The summed E-state index contributed by atoms with van der Waals surface area (Å²) in [5.41, 5.74) is 7.95. The number of anilines is 1. The number of benzene rings is 1. The number of rotatable bonds is 9. The van der Waals surface area contributed by atoms with Crippen molar-refractivity contribution in [2.24, 2.45) is 10.7 Å². The van der Waals surface area contributed by atoms with Crippen LogP contribution < -0.4 is 11.1 Å². The molecule has 6 nitrogen and oxygen atoms in total. The zero-order valence-electron chi connectivity index (χ0n) is 15.5. The molecule has 25 heavy (non-hydrogen) atoms. The Morgan fingerprint density at radius 1 is 1.20 bits per heavy atom. The van der Waals surface area contributed by atoms with Crippen LogP contribution in [-0.4, -0.2) is 44.1 Å². The highest BCUT2D eigenvalue weighted by atomic mass is 127. The summed E-state index contributed by atoms with van der Waals surface area (Å²) in [5.74, 6) is 0.709. The van der Waals surface area contributed by atoms with E-state index in [1.165, 1.54) is 9.87 Å². The lowest BCUT2D eigenvalue weighted by Crippen LogP contribution is -2.34. The molecule has 0 saturated carbocycles. The van der Waals surface area contributed by atoms with Crippen LogP contribution in [0.4, 0.5) is 5.69 Å². The smallest absolute Gasteiger partial charge is 0.215 e. The number of guanidine groups is 1. The van der Waals surface area contributed by atoms with Gasteiger partial charge in [-0.3, -0.25) is 4.99 Å². The van der Waals surface area contributed by atoms with E-state index in [-0.39, 0.29) is 42.2 Å². The zero-order valence-corrected chi connectivity index (χ0v) is 18.7. The van der Waals surface area contributed by atoms with Crippen molar-refractivity contribution in [3.8, 4) is 0 Å². The Hall–Kier alpha value is -0.870. The molecule has 8 heteroatoms. The van der Waals surface area contributed by atoms with Crippen LogP contribution >= 0.6 is 24.0 Å². The molecule has 0 amide bonds. The predicted molar refractivity (Wildman–Crippen MR) is 117 cm³/mol. The summed E-state index contributed by atoms with van der Waals surface area (Å²) in [6.07, 6.45) is 1.09. The maximum atomic E-state index is 12.1.